The van der Waals surface area contributed by atoms with Gasteiger partial charge in [-0.05, 0) is 28.5 Å². The molecule has 0 fully saturated rings. The fourth-order valence-electron chi connectivity index (χ4n) is 1.39. The standard InChI is InChI=1S/C11H9F2NS/c12-9-3-1-2-8(10(9)13)11(14)7-4-5-15-6-7/h1-6,11H,14H2. The Kier molecular flexibility index (Phi) is 2.79. The van der Waals surface area contributed by atoms with E-state index in [1.165, 1.54) is 23.5 Å². The van der Waals surface area contributed by atoms with E-state index in [9.17, 15) is 8.78 Å². The third-order valence-corrected chi connectivity index (χ3v) is 2.92. The van der Waals surface area contributed by atoms with Crippen LogP contribution in [0.4, 0.5) is 8.78 Å². The molecule has 0 aliphatic rings. The van der Waals surface area contributed by atoms with E-state index in [0.717, 1.165) is 11.6 Å². The average molecular weight is 225 g/mol. The highest BCUT2D eigenvalue weighted by molar-refractivity contribution is 7.08. The van der Waals surface area contributed by atoms with Crippen LogP contribution in [0, 0.1) is 11.6 Å². The van der Waals surface area contributed by atoms with Crippen LogP contribution in [-0.2, 0) is 0 Å². The molecule has 1 heterocycles. The molecule has 2 N–H and O–H groups in total. The molecule has 1 atom stereocenters. The fourth-order valence-corrected chi connectivity index (χ4v) is 2.09. The van der Waals surface area contributed by atoms with Crippen molar-refractivity contribution in [2.45, 2.75) is 6.04 Å². The van der Waals surface area contributed by atoms with Gasteiger partial charge in [0.15, 0.2) is 11.6 Å². The molecule has 4 heteroatoms. The van der Waals surface area contributed by atoms with Crippen molar-refractivity contribution < 1.29 is 8.78 Å². The molecule has 0 saturated heterocycles. The molecule has 0 radical (unpaired) electrons. The molecule has 1 nitrogen and oxygen atoms in total. The van der Waals surface area contributed by atoms with Crippen molar-refractivity contribution in [3.8, 4) is 0 Å². The molecule has 0 spiro atoms. The van der Waals surface area contributed by atoms with Crippen molar-refractivity contribution in [2.75, 3.05) is 0 Å². The molecule has 2 rings (SSSR count). The highest BCUT2D eigenvalue weighted by Gasteiger charge is 2.16. The van der Waals surface area contributed by atoms with Gasteiger partial charge in [-0.2, -0.15) is 11.3 Å². The lowest BCUT2D eigenvalue weighted by Crippen LogP contribution is -2.13. The summed E-state index contributed by atoms with van der Waals surface area (Å²) < 4.78 is 26.3. The molecule has 0 bridgehead atoms. The average Bonchev–Trinajstić information content (AvgIpc) is 2.74. The van der Waals surface area contributed by atoms with Gasteiger partial charge in [0.25, 0.3) is 0 Å². The van der Waals surface area contributed by atoms with Crippen molar-refractivity contribution in [1.82, 2.24) is 0 Å². The Morgan fingerprint density at radius 1 is 1.20 bits per heavy atom. The summed E-state index contributed by atoms with van der Waals surface area (Å²) in [5.41, 5.74) is 6.81. The second-order valence-electron chi connectivity index (χ2n) is 3.18. The van der Waals surface area contributed by atoms with E-state index in [4.69, 9.17) is 5.73 Å². The lowest BCUT2D eigenvalue weighted by Gasteiger charge is -2.11. The van der Waals surface area contributed by atoms with Gasteiger partial charge >= 0.3 is 0 Å². The minimum atomic E-state index is -0.865. The highest BCUT2D eigenvalue weighted by Crippen LogP contribution is 2.24. The second kappa shape index (κ2) is 4.08. The van der Waals surface area contributed by atoms with Crippen LogP contribution in [0.3, 0.4) is 0 Å². The van der Waals surface area contributed by atoms with Gasteiger partial charge in [-0.15, -0.1) is 0 Å². The highest BCUT2D eigenvalue weighted by atomic mass is 32.1. The maximum absolute atomic E-state index is 13.4. The lowest BCUT2D eigenvalue weighted by molar-refractivity contribution is 0.494. The van der Waals surface area contributed by atoms with Crippen molar-refractivity contribution in [3.05, 3.63) is 57.8 Å². The molecular formula is C11H9F2NS. The number of thiophene rings is 1. The Morgan fingerprint density at radius 2 is 2.00 bits per heavy atom. The van der Waals surface area contributed by atoms with Gasteiger partial charge in [-0.25, -0.2) is 8.78 Å². The van der Waals surface area contributed by atoms with E-state index >= 15 is 0 Å². The summed E-state index contributed by atoms with van der Waals surface area (Å²) in [5, 5.41) is 3.68. The predicted molar refractivity (Wildman–Crippen MR) is 56.7 cm³/mol. The Morgan fingerprint density at radius 3 is 2.67 bits per heavy atom. The number of nitrogens with two attached hydrogens (primary N) is 1. The molecule has 1 aromatic carbocycles. The molecule has 0 aliphatic carbocycles. The zero-order chi connectivity index (χ0) is 10.8. The predicted octanol–water partition coefficient (Wildman–Crippen LogP) is 3.07. The maximum atomic E-state index is 13.4. The maximum Gasteiger partial charge on any atom is 0.163 e. The van der Waals surface area contributed by atoms with Gasteiger partial charge in [-0.3, -0.25) is 0 Å². The summed E-state index contributed by atoms with van der Waals surface area (Å²) in [6.07, 6.45) is 0. The van der Waals surface area contributed by atoms with Crippen molar-refractivity contribution >= 4 is 11.3 Å². The molecule has 1 unspecified atom stereocenters. The first-order valence-electron chi connectivity index (χ1n) is 4.41. The first kappa shape index (κ1) is 10.3. The van der Waals surface area contributed by atoms with Crippen LogP contribution in [0.2, 0.25) is 0 Å². The quantitative estimate of drug-likeness (QED) is 0.835. The normalized spacial score (nSPS) is 12.7. The van der Waals surface area contributed by atoms with Crippen LogP contribution in [-0.4, -0.2) is 0 Å². The Balaban J connectivity index is 2.42. The Bertz CT molecular complexity index is 454. The summed E-state index contributed by atoms with van der Waals surface area (Å²) in [6.45, 7) is 0. The van der Waals surface area contributed by atoms with E-state index in [1.54, 1.807) is 6.07 Å². The van der Waals surface area contributed by atoms with E-state index in [0.29, 0.717) is 0 Å². The third-order valence-electron chi connectivity index (χ3n) is 2.22. The van der Waals surface area contributed by atoms with Crippen LogP contribution in [0.25, 0.3) is 0 Å². The molecular weight excluding hydrogens is 216 g/mol. The Hall–Kier alpha value is -1.26. The van der Waals surface area contributed by atoms with Crippen LogP contribution >= 0.6 is 11.3 Å². The largest absolute Gasteiger partial charge is 0.320 e. The van der Waals surface area contributed by atoms with Gasteiger partial charge in [0, 0.05) is 5.56 Å². The fraction of sp³-hybridized carbons (Fsp3) is 0.0909. The van der Waals surface area contributed by atoms with E-state index in [-0.39, 0.29) is 5.56 Å². The van der Waals surface area contributed by atoms with Crippen molar-refractivity contribution in [2.24, 2.45) is 5.73 Å². The van der Waals surface area contributed by atoms with E-state index in [1.807, 2.05) is 10.8 Å². The summed E-state index contributed by atoms with van der Waals surface area (Å²) in [6, 6.07) is 5.24. The monoisotopic (exact) mass is 225 g/mol. The first-order valence-corrected chi connectivity index (χ1v) is 5.36. The molecule has 78 valence electrons. The smallest absolute Gasteiger partial charge is 0.163 e. The summed E-state index contributed by atoms with van der Waals surface area (Å²) in [5.74, 6) is -1.73. The molecule has 1 aromatic heterocycles. The SMILES string of the molecule is NC(c1ccsc1)c1cccc(F)c1F. The third kappa shape index (κ3) is 1.91. The zero-order valence-electron chi connectivity index (χ0n) is 7.78. The Labute approximate surface area is 90.2 Å². The van der Waals surface area contributed by atoms with Crippen LogP contribution < -0.4 is 5.73 Å². The zero-order valence-corrected chi connectivity index (χ0v) is 8.60. The topological polar surface area (TPSA) is 26.0 Å². The van der Waals surface area contributed by atoms with Crippen LogP contribution in [0.1, 0.15) is 17.2 Å². The molecule has 2 aromatic rings. The van der Waals surface area contributed by atoms with Crippen molar-refractivity contribution in [3.63, 3.8) is 0 Å². The van der Waals surface area contributed by atoms with Gasteiger partial charge in [0.05, 0.1) is 6.04 Å². The van der Waals surface area contributed by atoms with Crippen molar-refractivity contribution in [1.29, 1.82) is 0 Å². The first-order chi connectivity index (χ1) is 7.20. The van der Waals surface area contributed by atoms with E-state index in [2.05, 4.69) is 0 Å². The molecule has 0 amide bonds. The lowest BCUT2D eigenvalue weighted by atomic mass is 10.0. The number of halogens is 2. The van der Waals surface area contributed by atoms with Gasteiger partial charge in [-0.1, -0.05) is 12.1 Å². The number of rotatable bonds is 2. The number of hydrogen-bond acceptors (Lipinski definition) is 2. The molecule has 15 heavy (non-hydrogen) atoms. The summed E-state index contributed by atoms with van der Waals surface area (Å²) >= 11 is 1.48. The number of hydrogen-bond donors (Lipinski definition) is 1. The van der Waals surface area contributed by atoms with Crippen LogP contribution in [0.15, 0.2) is 35.0 Å². The van der Waals surface area contributed by atoms with Gasteiger partial charge < -0.3 is 5.73 Å². The molecule has 0 saturated carbocycles. The summed E-state index contributed by atoms with van der Waals surface area (Å²) in [7, 11) is 0. The number of benzene rings is 1. The second-order valence-corrected chi connectivity index (χ2v) is 3.96. The minimum Gasteiger partial charge on any atom is -0.320 e. The van der Waals surface area contributed by atoms with Crippen LogP contribution in [0.5, 0.6) is 0 Å². The van der Waals surface area contributed by atoms with Gasteiger partial charge in [0.2, 0.25) is 0 Å². The molecule has 0 aliphatic heterocycles. The van der Waals surface area contributed by atoms with Gasteiger partial charge in [0.1, 0.15) is 0 Å². The minimum absolute atomic E-state index is 0.188. The van der Waals surface area contributed by atoms with E-state index < -0.39 is 17.7 Å². The summed E-state index contributed by atoms with van der Waals surface area (Å²) in [4.78, 5) is 0.